The first-order valence-electron chi connectivity index (χ1n) is 6.84. The predicted molar refractivity (Wildman–Crippen MR) is 89.1 cm³/mol. The second-order valence-corrected chi connectivity index (χ2v) is 5.64. The highest BCUT2D eigenvalue weighted by atomic mass is 32.2. The van der Waals surface area contributed by atoms with Crippen molar-refractivity contribution in [3.8, 4) is 17.2 Å². The molecule has 0 atom stereocenters. The molecule has 23 heavy (non-hydrogen) atoms. The Morgan fingerprint density at radius 1 is 1.04 bits per heavy atom. The number of rotatable bonds is 7. The zero-order valence-electron chi connectivity index (χ0n) is 13.2. The fourth-order valence-electron chi connectivity index (χ4n) is 2.15. The third-order valence-corrected chi connectivity index (χ3v) is 4.38. The van der Waals surface area contributed by atoms with Crippen LogP contribution in [0.1, 0.15) is 15.9 Å². The lowest BCUT2D eigenvalue weighted by molar-refractivity contribution is 0.0693. The minimum absolute atomic E-state index is 0.296. The molecule has 0 heterocycles. The van der Waals surface area contributed by atoms with Crippen molar-refractivity contribution in [2.75, 3.05) is 21.3 Å². The SMILES string of the molecule is COc1cc(CSc2ccccc2C(=O)O)cc(OC)c1OC. The molecule has 0 aliphatic carbocycles. The van der Waals surface area contributed by atoms with E-state index in [0.29, 0.717) is 33.5 Å². The van der Waals surface area contributed by atoms with E-state index >= 15 is 0 Å². The van der Waals surface area contributed by atoms with Crippen molar-refractivity contribution in [1.29, 1.82) is 0 Å². The lowest BCUT2D eigenvalue weighted by atomic mass is 10.2. The van der Waals surface area contributed by atoms with Crippen LogP contribution in [0.5, 0.6) is 17.2 Å². The van der Waals surface area contributed by atoms with E-state index in [-0.39, 0.29) is 0 Å². The third-order valence-electron chi connectivity index (χ3n) is 3.24. The molecule has 0 aliphatic heterocycles. The lowest BCUT2D eigenvalue weighted by Crippen LogP contribution is -1.99. The predicted octanol–water partition coefficient (Wildman–Crippen LogP) is 3.70. The van der Waals surface area contributed by atoms with E-state index in [9.17, 15) is 9.90 Å². The van der Waals surface area contributed by atoms with Gasteiger partial charge in [-0.25, -0.2) is 4.79 Å². The van der Waals surface area contributed by atoms with Gasteiger partial charge >= 0.3 is 5.97 Å². The summed E-state index contributed by atoms with van der Waals surface area (Å²) < 4.78 is 15.9. The molecular formula is C17H18O5S. The molecule has 0 amide bonds. The maximum absolute atomic E-state index is 11.2. The Kier molecular flexibility index (Phi) is 5.76. The largest absolute Gasteiger partial charge is 0.493 e. The normalized spacial score (nSPS) is 10.2. The standard InChI is InChI=1S/C17H18O5S/c1-20-13-8-11(9-14(21-2)16(13)22-3)10-23-15-7-5-4-6-12(15)17(18)19/h4-9H,10H2,1-3H3,(H,18,19). The molecule has 2 aromatic rings. The monoisotopic (exact) mass is 334 g/mol. The van der Waals surface area contributed by atoms with Crippen molar-refractivity contribution in [1.82, 2.24) is 0 Å². The van der Waals surface area contributed by atoms with Gasteiger partial charge in [-0.05, 0) is 29.8 Å². The van der Waals surface area contributed by atoms with Crippen molar-refractivity contribution in [3.05, 3.63) is 47.5 Å². The van der Waals surface area contributed by atoms with Crippen LogP contribution in [0.25, 0.3) is 0 Å². The number of ether oxygens (including phenoxy) is 3. The smallest absolute Gasteiger partial charge is 0.336 e. The van der Waals surface area contributed by atoms with Gasteiger partial charge in [0, 0.05) is 10.6 Å². The molecule has 2 aromatic carbocycles. The molecule has 0 spiro atoms. The highest BCUT2D eigenvalue weighted by Gasteiger charge is 2.14. The summed E-state index contributed by atoms with van der Waals surface area (Å²) in [6.45, 7) is 0. The van der Waals surface area contributed by atoms with Crippen LogP contribution in [0.4, 0.5) is 0 Å². The number of hydrogen-bond acceptors (Lipinski definition) is 5. The molecule has 0 saturated heterocycles. The van der Waals surface area contributed by atoms with Crippen LogP contribution in [0, 0.1) is 0 Å². The van der Waals surface area contributed by atoms with Crippen LogP contribution in [0.2, 0.25) is 0 Å². The summed E-state index contributed by atoms with van der Waals surface area (Å²) in [5.74, 6) is 1.34. The topological polar surface area (TPSA) is 65.0 Å². The number of carbonyl (C=O) groups is 1. The summed E-state index contributed by atoms with van der Waals surface area (Å²) >= 11 is 1.45. The van der Waals surface area contributed by atoms with Crippen molar-refractivity contribution in [2.24, 2.45) is 0 Å². The minimum Gasteiger partial charge on any atom is -0.493 e. The Labute approximate surface area is 139 Å². The van der Waals surface area contributed by atoms with Crippen LogP contribution in [-0.4, -0.2) is 32.4 Å². The van der Waals surface area contributed by atoms with E-state index in [1.165, 1.54) is 11.8 Å². The molecule has 0 bridgehead atoms. The van der Waals surface area contributed by atoms with Crippen LogP contribution >= 0.6 is 11.8 Å². The van der Waals surface area contributed by atoms with Crippen molar-refractivity contribution < 1.29 is 24.1 Å². The second-order valence-electron chi connectivity index (χ2n) is 4.62. The molecule has 1 N–H and O–H groups in total. The molecule has 6 heteroatoms. The number of thioether (sulfide) groups is 1. The maximum Gasteiger partial charge on any atom is 0.336 e. The van der Waals surface area contributed by atoms with Crippen LogP contribution in [0.3, 0.4) is 0 Å². The first-order valence-corrected chi connectivity index (χ1v) is 7.83. The van der Waals surface area contributed by atoms with Gasteiger partial charge < -0.3 is 19.3 Å². The van der Waals surface area contributed by atoms with Gasteiger partial charge in [-0.1, -0.05) is 12.1 Å². The molecular weight excluding hydrogens is 316 g/mol. The highest BCUT2D eigenvalue weighted by Crippen LogP contribution is 2.39. The van der Waals surface area contributed by atoms with Crippen LogP contribution in [0.15, 0.2) is 41.3 Å². The average Bonchev–Trinajstić information content (AvgIpc) is 2.58. The van der Waals surface area contributed by atoms with Gasteiger partial charge in [0.05, 0.1) is 26.9 Å². The highest BCUT2D eigenvalue weighted by molar-refractivity contribution is 7.98. The molecule has 0 fully saturated rings. The van der Waals surface area contributed by atoms with Gasteiger partial charge in [0.15, 0.2) is 11.5 Å². The lowest BCUT2D eigenvalue weighted by Gasteiger charge is -2.14. The van der Waals surface area contributed by atoms with Crippen molar-refractivity contribution in [2.45, 2.75) is 10.6 Å². The Hall–Kier alpha value is -2.34. The summed E-state index contributed by atoms with van der Waals surface area (Å²) in [7, 11) is 4.68. The van der Waals surface area contributed by atoms with Crippen molar-refractivity contribution >= 4 is 17.7 Å². The number of carboxylic acids is 1. The number of hydrogen-bond donors (Lipinski definition) is 1. The summed E-state index contributed by atoms with van der Waals surface area (Å²) in [6, 6.07) is 10.7. The molecule has 0 aromatic heterocycles. The quantitative estimate of drug-likeness (QED) is 0.779. The molecule has 0 radical (unpaired) electrons. The van der Waals surface area contributed by atoms with Gasteiger partial charge in [-0.2, -0.15) is 0 Å². The fourth-order valence-corrected chi connectivity index (χ4v) is 3.12. The molecule has 5 nitrogen and oxygen atoms in total. The van der Waals surface area contributed by atoms with E-state index in [2.05, 4.69) is 0 Å². The molecule has 0 saturated carbocycles. The molecule has 0 unspecified atom stereocenters. The molecule has 122 valence electrons. The summed E-state index contributed by atoms with van der Waals surface area (Å²) in [5, 5.41) is 9.23. The Morgan fingerprint density at radius 3 is 2.17 bits per heavy atom. The number of benzene rings is 2. The zero-order valence-corrected chi connectivity index (χ0v) is 14.0. The van der Waals surface area contributed by atoms with E-state index < -0.39 is 5.97 Å². The van der Waals surface area contributed by atoms with E-state index in [1.807, 2.05) is 18.2 Å². The average molecular weight is 334 g/mol. The number of carboxylic acid groups (broad SMARTS) is 1. The van der Waals surface area contributed by atoms with Crippen molar-refractivity contribution in [3.63, 3.8) is 0 Å². The maximum atomic E-state index is 11.2. The third kappa shape index (κ3) is 3.90. The first-order chi connectivity index (χ1) is 11.1. The second kappa shape index (κ2) is 7.78. The number of aromatic carboxylic acids is 1. The zero-order chi connectivity index (χ0) is 16.8. The Balaban J connectivity index is 2.26. The van der Waals surface area contributed by atoms with Crippen LogP contribution < -0.4 is 14.2 Å². The van der Waals surface area contributed by atoms with E-state index in [1.54, 1.807) is 39.5 Å². The molecule has 2 rings (SSSR count). The Morgan fingerprint density at radius 2 is 1.65 bits per heavy atom. The summed E-state index contributed by atoms with van der Waals surface area (Å²) in [6.07, 6.45) is 0. The molecule has 0 aliphatic rings. The van der Waals surface area contributed by atoms with Gasteiger partial charge in [0.2, 0.25) is 5.75 Å². The van der Waals surface area contributed by atoms with Crippen LogP contribution in [-0.2, 0) is 5.75 Å². The number of methoxy groups -OCH3 is 3. The van der Waals surface area contributed by atoms with Gasteiger partial charge in [0.1, 0.15) is 0 Å². The van der Waals surface area contributed by atoms with Gasteiger partial charge in [-0.3, -0.25) is 0 Å². The first kappa shape index (κ1) is 17.0. The summed E-state index contributed by atoms with van der Waals surface area (Å²) in [5.41, 5.74) is 1.25. The fraction of sp³-hybridized carbons (Fsp3) is 0.235. The van der Waals surface area contributed by atoms with E-state index in [0.717, 1.165) is 5.56 Å². The Bertz CT molecular complexity index is 674. The van der Waals surface area contributed by atoms with Gasteiger partial charge in [0.25, 0.3) is 0 Å². The summed E-state index contributed by atoms with van der Waals surface area (Å²) in [4.78, 5) is 12.0. The minimum atomic E-state index is -0.932. The van der Waals surface area contributed by atoms with Gasteiger partial charge in [-0.15, -0.1) is 11.8 Å². The van der Waals surface area contributed by atoms with E-state index in [4.69, 9.17) is 14.2 Å².